The monoisotopic (exact) mass is 250 g/mol. The maximum Gasteiger partial charge on any atom is 0.119 e. The van der Waals surface area contributed by atoms with Crippen molar-refractivity contribution in [3.8, 4) is 5.75 Å². The molecule has 1 N–H and O–H groups in total. The van der Waals surface area contributed by atoms with Crippen molar-refractivity contribution in [1.82, 2.24) is 0 Å². The standard InChI is InChI=1S/C15H22O3/c1-11(2)18-14-6-4-12(5-7-14)15(3,16)13-8-9-17-10-13/h4-7,11,13,16H,8-10H2,1-3H3. The number of hydrogen-bond acceptors (Lipinski definition) is 3. The van der Waals surface area contributed by atoms with Crippen molar-refractivity contribution in [2.45, 2.75) is 38.9 Å². The fraction of sp³-hybridized carbons (Fsp3) is 0.600. The molecule has 1 aliphatic rings. The van der Waals surface area contributed by atoms with Crippen LogP contribution < -0.4 is 4.74 Å². The van der Waals surface area contributed by atoms with Crippen LogP contribution in [0.5, 0.6) is 5.75 Å². The van der Waals surface area contributed by atoms with E-state index >= 15 is 0 Å². The minimum Gasteiger partial charge on any atom is -0.491 e. The summed E-state index contributed by atoms with van der Waals surface area (Å²) in [6.07, 6.45) is 1.08. The summed E-state index contributed by atoms with van der Waals surface area (Å²) in [6.45, 7) is 7.25. The summed E-state index contributed by atoms with van der Waals surface area (Å²) >= 11 is 0. The number of ether oxygens (including phenoxy) is 2. The Morgan fingerprint density at radius 2 is 2.00 bits per heavy atom. The van der Waals surface area contributed by atoms with Crippen LogP contribution in [0.25, 0.3) is 0 Å². The van der Waals surface area contributed by atoms with Gasteiger partial charge in [0, 0.05) is 12.5 Å². The number of rotatable bonds is 4. The van der Waals surface area contributed by atoms with Gasteiger partial charge in [-0.1, -0.05) is 12.1 Å². The molecular weight excluding hydrogens is 228 g/mol. The second kappa shape index (κ2) is 5.29. The molecule has 1 fully saturated rings. The van der Waals surface area contributed by atoms with E-state index in [4.69, 9.17) is 9.47 Å². The Labute approximate surface area is 109 Å². The van der Waals surface area contributed by atoms with E-state index in [1.54, 1.807) is 0 Å². The van der Waals surface area contributed by atoms with Gasteiger partial charge in [0.1, 0.15) is 5.75 Å². The van der Waals surface area contributed by atoms with Gasteiger partial charge in [0.2, 0.25) is 0 Å². The van der Waals surface area contributed by atoms with Crippen molar-refractivity contribution in [3.05, 3.63) is 29.8 Å². The van der Waals surface area contributed by atoms with Gasteiger partial charge in [-0.2, -0.15) is 0 Å². The molecule has 1 aromatic carbocycles. The van der Waals surface area contributed by atoms with Crippen LogP contribution in [0.3, 0.4) is 0 Å². The van der Waals surface area contributed by atoms with E-state index in [0.717, 1.165) is 24.3 Å². The van der Waals surface area contributed by atoms with E-state index in [1.807, 2.05) is 45.0 Å². The summed E-state index contributed by atoms with van der Waals surface area (Å²) < 4.78 is 11.0. The molecule has 0 spiro atoms. The van der Waals surface area contributed by atoms with E-state index in [1.165, 1.54) is 0 Å². The quantitative estimate of drug-likeness (QED) is 0.893. The van der Waals surface area contributed by atoms with Crippen LogP contribution in [0.15, 0.2) is 24.3 Å². The molecule has 0 saturated carbocycles. The Hall–Kier alpha value is -1.06. The lowest BCUT2D eigenvalue weighted by Gasteiger charge is -2.29. The molecule has 100 valence electrons. The maximum absolute atomic E-state index is 10.6. The van der Waals surface area contributed by atoms with Gasteiger partial charge < -0.3 is 14.6 Å². The SMILES string of the molecule is CC(C)Oc1ccc(C(C)(O)C2CCOC2)cc1. The molecule has 1 aromatic rings. The van der Waals surface area contributed by atoms with E-state index in [9.17, 15) is 5.11 Å². The van der Waals surface area contributed by atoms with Gasteiger partial charge >= 0.3 is 0 Å². The molecule has 0 amide bonds. The summed E-state index contributed by atoms with van der Waals surface area (Å²) in [4.78, 5) is 0. The Bertz CT molecular complexity index is 375. The zero-order chi connectivity index (χ0) is 13.2. The first-order valence-corrected chi connectivity index (χ1v) is 6.57. The number of hydrogen-bond donors (Lipinski definition) is 1. The predicted octanol–water partition coefficient (Wildman–Crippen LogP) is 2.72. The second-order valence-corrected chi connectivity index (χ2v) is 5.40. The Morgan fingerprint density at radius 1 is 1.33 bits per heavy atom. The molecule has 2 unspecified atom stereocenters. The van der Waals surface area contributed by atoms with Crippen molar-refractivity contribution in [2.75, 3.05) is 13.2 Å². The Morgan fingerprint density at radius 3 is 2.50 bits per heavy atom. The van der Waals surface area contributed by atoms with Crippen molar-refractivity contribution >= 4 is 0 Å². The van der Waals surface area contributed by atoms with Crippen LogP contribution in [0.1, 0.15) is 32.8 Å². The fourth-order valence-corrected chi connectivity index (χ4v) is 2.36. The van der Waals surface area contributed by atoms with Crippen molar-refractivity contribution < 1.29 is 14.6 Å². The third-order valence-corrected chi connectivity index (χ3v) is 3.54. The normalized spacial score (nSPS) is 23.1. The first-order chi connectivity index (χ1) is 8.50. The smallest absolute Gasteiger partial charge is 0.119 e. The van der Waals surface area contributed by atoms with Gasteiger partial charge in [-0.25, -0.2) is 0 Å². The van der Waals surface area contributed by atoms with E-state index in [2.05, 4.69) is 0 Å². The topological polar surface area (TPSA) is 38.7 Å². The third-order valence-electron chi connectivity index (χ3n) is 3.54. The molecule has 1 aliphatic heterocycles. The lowest BCUT2D eigenvalue weighted by molar-refractivity contribution is -0.00974. The molecule has 0 aliphatic carbocycles. The lowest BCUT2D eigenvalue weighted by Crippen LogP contribution is -2.32. The highest BCUT2D eigenvalue weighted by Gasteiger charge is 2.36. The molecule has 3 nitrogen and oxygen atoms in total. The summed E-state index contributed by atoms with van der Waals surface area (Å²) in [5.41, 5.74) is 0.0986. The van der Waals surface area contributed by atoms with E-state index in [-0.39, 0.29) is 12.0 Å². The average Bonchev–Trinajstić information content (AvgIpc) is 2.83. The Balaban J connectivity index is 2.12. The molecular formula is C15H22O3. The highest BCUT2D eigenvalue weighted by molar-refractivity contribution is 5.31. The highest BCUT2D eigenvalue weighted by Crippen LogP contribution is 2.35. The molecule has 3 heteroatoms. The van der Waals surface area contributed by atoms with Crippen LogP contribution in [0.4, 0.5) is 0 Å². The van der Waals surface area contributed by atoms with Crippen LogP contribution in [-0.4, -0.2) is 24.4 Å². The molecule has 18 heavy (non-hydrogen) atoms. The average molecular weight is 250 g/mol. The maximum atomic E-state index is 10.6. The van der Waals surface area contributed by atoms with Crippen LogP contribution >= 0.6 is 0 Å². The van der Waals surface area contributed by atoms with Gasteiger partial charge in [0.25, 0.3) is 0 Å². The van der Waals surface area contributed by atoms with Crippen molar-refractivity contribution in [3.63, 3.8) is 0 Å². The van der Waals surface area contributed by atoms with Crippen LogP contribution in [0, 0.1) is 5.92 Å². The first-order valence-electron chi connectivity index (χ1n) is 6.57. The van der Waals surface area contributed by atoms with Crippen LogP contribution in [-0.2, 0) is 10.3 Å². The summed E-state index contributed by atoms with van der Waals surface area (Å²) in [5.74, 6) is 1.02. The first kappa shape index (κ1) is 13.4. The van der Waals surface area contributed by atoms with Crippen LogP contribution in [0.2, 0.25) is 0 Å². The van der Waals surface area contributed by atoms with Gasteiger partial charge in [0.15, 0.2) is 0 Å². The molecule has 0 bridgehead atoms. The van der Waals surface area contributed by atoms with Gasteiger partial charge in [-0.05, 0) is 44.9 Å². The molecule has 1 saturated heterocycles. The van der Waals surface area contributed by atoms with Crippen molar-refractivity contribution in [2.24, 2.45) is 5.92 Å². The minimum atomic E-state index is -0.827. The zero-order valence-corrected chi connectivity index (χ0v) is 11.3. The molecule has 0 radical (unpaired) electrons. The molecule has 0 aromatic heterocycles. The Kier molecular flexibility index (Phi) is 3.93. The largest absolute Gasteiger partial charge is 0.491 e. The highest BCUT2D eigenvalue weighted by atomic mass is 16.5. The minimum absolute atomic E-state index is 0.166. The van der Waals surface area contributed by atoms with Gasteiger partial charge in [0.05, 0.1) is 18.3 Å². The van der Waals surface area contributed by atoms with Gasteiger partial charge in [-0.3, -0.25) is 0 Å². The van der Waals surface area contributed by atoms with E-state index in [0.29, 0.717) is 6.61 Å². The van der Waals surface area contributed by atoms with Crippen molar-refractivity contribution in [1.29, 1.82) is 0 Å². The molecule has 2 atom stereocenters. The predicted molar refractivity (Wildman–Crippen MR) is 70.7 cm³/mol. The molecule has 2 rings (SSSR count). The lowest BCUT2D eigenvalue weighted by atomic mass is 9.82. The molecule has 1 heterocycles. The van der Waals surface area contributed by atoms with Gasteiger partial charge in [-0.15, -0.1) is 0 Å². The summed E-state index contributed by atoms with van der Waals surface area (Å²) in [7, 11) is 0. The number of aliphatic hydroxyl groups is 1. The summed E-state index contributed by atoms with van der Waals surface area (Å²) in [5, 5.41) is 10.6. The number of benzene rings is 1. The van der Waals surface area contributed by atoms with E-state index < -0.39 is 5.60 Å². The second-order valence-electron chi connectivity index (χ2n) is 5.40. The third kappa shape index (κ3) is 2.85. The zero-order valence-electron chi connectivity index (χ0n) is 11.3. The summed E-state index contributed by atoms with van der Waals surface area (Å²) in [6, 6.07) is 7.71. The fourth-order valence-electron chi connectivity index (χ4n) is 2.36.